The molecule has 110 valence electrons. The Balaban J connectivity index is 1.67. The first-order valence-electron chi connectivity index (χ1n) is 6.92. The number of aryl methyl sites for hydroxylation is 1. The van der Waals surface area contributed by atoms with Crippen molar-refractivity contribution in [2.24, 2.45) is 0 Å². The van der Waals surface area contributed by atoms with Gasteiger partial charge < -0.3 is 15.2 Å². The van der Waals surface area contributed by atoms with Crippen molar-refractivity contribution in [3.8, 4) is 5.75 Å². The topological polar surface area (TPSA) is 58.6 Å². The molecular weight excluding hydrogens is 266 g/mol. The van der Waals surface area contributed by atoms with E-state index in [4.69, 9.17) is 9.84 Å². The summed E-state index contributed by atoms with van der Waals surface area (Å²) < 4.78 is 5.63. The van der Waals surface area contributed by atoms with Crippen molar-refractivity contribution in [3.63, 3.8) is 0 Å². The standard InChI is InChI=1S/C17H19NO3/c1-13-3-9-16(10-4-13)21-12-2-11-18-15-7-5-14(6-8-15)17(19)20/h3-10,18H,2,11-12H2,1H3,(H,19,20). The summed E-state index contributed by atoms with van der Waals surface area (Å²) in [4.78, 5) is 10.7. The number of ether oxygens (including phenoxy) is 1. The average Bonchev–Trinajstić information content (AvgIpc) is 2.49. The molecule has 21 heavy (non-hydrogen) atoms. The molecule has 0 atom stereocenters. The van der Waals surface area contributed by atoms with E-state index in [1.165, 1.54) is 5.56 Å². The van der Waals surface area contributed by atoms with E-state index in [-0.39, 0.29) is 0 Å². The summed E-state index contributed by atoms with van der Waals surface area (Å²) in [5.41, 5.74) is 2.42. The highest BCUT2D eigenvalue weighted by atomic mass is 16.5. The Bertz CT molecular complexity index is 576. The van der Waals surface area contributed by atoms with Crippen LogP contribution >= 0.6 is 0 Å². The first-order chi connectivity index (χ1) is 10.1. The molecule has 2 aromatic rings. The van der Waals surface area contributed by atoms with Crippen LogP contribution in [0.2, 0.25) is 0 Å². The summed E-state index contributed by atoms with van der Waals surface area (Å²) in [6, 6.07) is 14.7. The molecule has 0 saturated heterocycles. The number of carbonyl (C=O) groups is 1. The van der Waals surface area contributed by atoms with Crippen LogP contribution in [0.1, 0.15) is 22.3 Å². The molecule has 0 aliphatic heterocycles. The summed E-state index contributed by atoms with van der Waals surface area (Å²) in [6.45, 7) is 3.46. The van der Waals surface area contributed by atoms with Crippen LogP contribution in [0.15, 0.2) is 48.5 Å². The molecule has 0 unspecified atom stereocenters. The Kier molecular flexibility index (Phi) is 5.21. The van der Waals surface area contributed by atoms with E-state index >= 15 is 0 Å². The molecule has 0 aromatic heterocycles. The van der Waals surface area contributed by atoms with Crippen LogP contribution in [0, 0.1) is 6.92 Å². The minimum atomic E-state index is -0.909. The second-order valence-corrected chi connectivity index (χ2v) is 4.82. The number of rotatable bonds is 7. The highest BCUT2D eigenvalue weighted by Crippen LogP contribution is 2.12. The first-order valence-corrected chi connectivity index (χ1v) is 6.92. The first kappa shape index (κ1) is 14.9. The number of hydrogen-bond donors (Lipinski definition) is 2. The van der Waals surface area contributed by atoms with Crippen molar-refractivity contribution >= 4 is 11.7 Å². The largest absolute Gasteiger partial charge is 0.494 e. The van der Waals surface area contributed by atoms with Gasteiger partial charge in [0.2, 0.25) is 0 Å². The lowest BCUT2D eigenvalue weighted by Gasteiger charge is -2.08. The van der Waals surface area contributed by atoms with Crippen molar-refractivity contribution in [2.75, 3.05) is 18.5 Å². The maximum absolute atomic E-state index is 10.7. The maximum atomic E-state index is 10.7. The van der Waals surface area contributed by atoms with Gasteiger partial charge in [0.15, 0.2) is 0 Å². The zero-order chi connectivity index (χ0) is 15.1. The molecule has 0 aliphatic carbocycles. The summed E-state index contributed by atoms with van der Waals surface area (Å²) in [7, 11) is 0. The molecule has 0 radical (unpaired) electrons. The van der Waals surface area contributed by atoms with Crippen molar-refractivity contribution in [1.29, 1.82) is 0 Å². The zero-order valence-electron chi connectivity index (χ0n) is 12.0. The molecule has 2 N–H and O–H groups in total. The Morgan fingerprint density at radius 2 is 1.76 bits per heavy atom. The van der Waals surface area contributed by atoms with Gasteiger partial charge in [-0.3, -0.25) is 0 Å². The van der Waals surface area contributed by atoms with Crippen LogP contribution in [-0.4, -0.2) is 24.2 Å². The number of benzene rings is 2. The van der Waals surface area contributed by atoms with Crippen LogP contribution in [0.4, 0.5) is 5.69 Å². The third-order valence-corrected chi connectivity index (χ3v) is 3.07. The van der Waals surface area contributed by atoms with Gasteiger partial charge >= 0.3 is 5.97 Å². The molecular formula is C17H19NO3. The van der Waals surface area contributed by atoms with Gasteiger partial charge in [0.25, 0.3) is 0 Å². The van der Waals surface area contributed by atoms with Gasteiger partial charge in [0, 0.05) is 12.2 Å². The number of aromatic carboxylic acids is 1. The van der Waals surface area contributed by atoms with Gasteiger partial charge in [-0.05, 0) is 49.7 Å². The minimum absolute atomic E-state index is 0.295. The fraction of sp³-hybridized carbons (Fsp3) is 0.235. The van der Waals surface area contributed by atoms with Gasteiger partial charge in [-0.25, -0.2) is 4.79 Å². The lowest BCUT2D eigenvalue weighted by atomic mass is 10.2. The summed E-state index contributed by atoms with van der Waals surface area (Å²) in [6.07, 6.45) is 0.870. The lowest BCUT2D eigenvalue weighted by molar-refractivity contribution is 0.0697. The van der Waals surface area contributed by atoms with E-state index < -0.39 is 5.97 Å². The number of nitrogens with one attached hydrogen (secondary N) is 1. The molecule has 0 amide bonds. The fourth-order valence-corrected chi connectivity index (χ4v) is 1.86. The normalized spacial score (nSPS) is 10.1. The fourth-order valence-electron chi connectivity index (χ4n) is 1.86. The van der Waals surface area contributed by atoms with E-state index in [0.29, 0.717) is 12.2 Å². The summed E-state index contributed by atoms with van der Waals surface area (Å²) >= 11 is 0. The lowest BCUT2D eigenvalue weighted by Crippen LogP contribution is -2.07. The van der Waals surface area contributed by atoms with Crippen molar-refractivity contribution in [1.82, 2.24) is 0 Å². The Labute approximate surface area is 124 Å². The van der Waals surface area contributed by atoms with Crippen LogP contribution < -0.4 is 10.1 Å². The van der Waals surface area contributed by atoms with Crippen LogP contribution in [-0.2, 0) is 0 Å². The molecule has 0 aliphatic rings. The highest BCUT2D eigenvalue weighted by Gasteiger charge is 2.01. The minimum Gasteiger partial charge on any atom is -0.494 e. The maximum Gasteiger partial charge on any atom is 0.335 e. The van der Waals surface area contributed by atoms with E-state index in [2.05, 4.69) is 5.32 Å². The smallest absolute Gasteiger partial charge is 0.335 e. The molecule has 0 spiro atoms. The van der Waals surface area contributed by atoms with Gasteiger partial charge in [0.1, 0.15) is 5.75 Å². The third kappa shape index (κ3) is 4.84. The second-order valence-electron chi connectivity index (χ2n) is 4.82. The molecule has 2 rings (SSSR count). The number of carboxylic acids is 1. The van der Waals surface area contributed by atoms with Gasteiger partial charge in [0.05, 0.1) is 12.2 Å². The molecule has 0 heterocycles. The Morgan fingerprint density at radius 3 is 2.38 bits per heavy atom. The third-order valence-electron chi connectivity index (χ3n) is 3.07. The van der Waals surface area contributed by atoms with Crippen LogP contribution in [0.3, 0.4) is 0 Å². The quantitative estimate of drug-likeness (QED) is 0.763. The van der Waals surface area contributed by atoms with Crippen LogP contribution in [0.25, 0.3) is 0 Å². The molecule has 4 heteroatoms. The molecule has 4 nitrogen and oxygen atoms in total. The predicted molar refractivity (Wildman–Crippen MR) is 83.2 cm³/mol. The number of hydrogen-bond acceptors (Lipinski definition) is 3. The SMILES string of the molecule is Cc1ccc(OCCCNc2ccc(C(=O)O)cc2)cc1. The van der Waals surface area contributed by atoms with E-state index in [9.17, 15) is 4.79 Å². The molecule has 0 bridgehead atoms. The summed E-state index contributed by atoms with van der Waals surface area (Å²) in [5.74, 6) is -0.0283. The predicted octanol–water partition coefficient (Wildman–Crippen LogP) is 3.57. The van der Waals surface area contributed by atoms with Gasteiger partial charge in [-0.2, -0.15) is 0 Å². The van der Waals surface area contributed by atoms with Crippen molar-refractivity contribution in [2.45, 2.75) is 13.3 Å². The highest BCUT2D eigenvalue weighted by molar-refractivity contribution is 5.87. The molecule has 0 saturated carbocycles. The Morgan fingerprint density at radius 1 is 1.10 bits per heavy atom. The van der Waals surface area contributed by atoms with Gasteiger partial charge in [-0.15, -0.1) is 0 Å². The van der Waals surface area contributed by atoms with Crippen molar-refractivity contribution < 1.29 is 14.6 Å². The van der Waals surface area contributed by atoms with Gasteiger partial charge in [-0.1, -0.05) is 17.7 Å². The average molecular weight is 285 g/mol. The number of anilines is 1. The number of carboxylic acid groups (broad SMARTS) is 1. The van der Waals surface area contributed by atoms with E-state index in [1.54, 1.807) is 24.3 Å². The van der Waals surface area contributed by atoms with Crippen LogP contribution in [0.5, 0.6) is 5.75 Å². The van der Waals surface area contributed by atoms with E-state index in [0.717, 1.165) is 24.4 Å². The van der Waals surface area contributed by atoms with Crippen molar-refractivity contribution in [3.05, 3.63) is 59.7 Å². The van der Waals surface area contributed by atoms with E-state index in [1.807, 2.05) is 31.2 Å². The Hall–Kier alpha value is -2.49. The summed E-state index contributed by atoms with van der Waals surface area (Å²) in [5, 5.41) is 12.0. The second kappa shape index (κ2) is 7.33. The monoisotopic (exact) mass is 285 g/mol. The molecule has 0 fully saturated rings. The molecule has 2 aromatic carbocycles. The zero-order valence-corrected chi connectivity index (χ0v) is 12.0.